The minimum atomic E-state index is -0.155. The van der Waals surface area contributed by atoms with Gasteiger partial charge in [-0.2, -0.15) is 0 Å². The summed E-state index contributed by atoms with van der Waals surface area (Å²) in [7, 11) is 3.42. The molecule has 27 heavy (non-hydrogen) atoms. The number of carbonyl (C=O) groups is 1. The van der Waals surface area contributed by atoms with E-state index in [9.17, 15) is 4.79 Å². The first-order valence-corrected chi connectivity index (χ1v) is 9.87. The van der Waals surface area contributed by atoms with Crippen LogP contribution in [-0.4, -0.2) is 34.9 Å². The fourth-order valence-electron chi connectivity index (χ4n) is 2.59. The largest absolute Gasteiger partial charge is 0.488 e. The molecule has 1 heterocycles. The number of ether oxygens (including phenoxy) is 1. The van der Waals surface area contributed by atoms with Crippen molar-refractivity contribution < 1.29 is 9.53 Å². The van der Waals surface area contributed by atoms with E-state index in [-0.39, 0.29) is 5.91 Å². The summed E-state index contributed by atoms with van der Waals surface area (Å²) >= 11 is 20.7. The minimum Gasteiger partial charge on any atom is -0.488 e. The molecule has 0 unspecified atom stereocenters. The van der Waals surface area contributed by atoms with Crippen LogP contribution in [0.25, 0.3) is 6.08 Å². The molecular formula is C19H15BrCl2N2O2S. The second-order valence-corrected chi connectivity index (χ2v) is 8.05. The lowest BCUT2D eigenvalue weighted by Gasteiger charge is -2.13. The van der Waals surface area contributed by atoms with Gasteiger partial charge in [0.25, 0.3) is 5.91 Å². The molecule has 1 amide bonds. The van der Waals surface area contributed by atoms with Gasteiger partial charge in [0.05, 0.1) is 10.0 Å². The Morgan fingerprint density at radius 3 is 2.48 bits per heavy atom. The molecule has 1 fully saturated rings. The molecule has 0 atom stereocenters. The van der Waals surface area contributed by atoms with Gasteiger partial charge in [0.15, 0.2) is 5.11 Å². The fraction of sp³-hybridized carbons (Fsp3) is 0.158. The molecule has 1 saturated heterocycles. The Bertz CT molecular complexity index is 965. The van der Waals surface area contributed by atoms with Gasteiger partial charge >= 0.3 is 0 Å². The molecule has 0 N–H and O–H groups in total. The number of halogens is 3. The Labute approximate surface area is 181 Å². The van der Waals surface area contributed by atoms with Gasteiger partial charge in [0, 0.05) is 24.1 Å². The van der Waals surface area contributed by atoms with Crippen LogP contribution in [0, 0.1) is 0 Å². The van der Waals surface area contributed by atoms with Crippen molar-refractivity contribution in [3.05, 3.63) is 67.7 Å². The van der Waals surface area contributed by atoms with Gasteiger partial charge in [0.1, 0.15) is 18.1 Å². The number of hydrogen-bond acceptors (Lipinski definition) is 3. The number of likely N-dealkylation sites (N-methyl/N-ethyl adjacent to an activating group) is 2. The summed E-state index contributed by atoms with van der Waals surface area (Å²) in [6, 6.07) is 11.0. The maximum Gasteiger partial charge on any atom is 0.276 e. The van der Waals surface area contributed by atoms with Gasteiger partial charge in [-0.05, 0) is 54.2 Å². The highest BCUT2D eigenvalue weighted by molar-refractivity contribution is 9.10. The van der Waals surface area contributed by atoms with Crippen LogP contribution in [0.1, 0.15) is 11.1 Å². The van der Waals surface area contributed by atoms with E-state index in [2.05, 4.69) is 15.9 Å². The molecule has 1 aliphatic heterocycles. The fourth-order valence-corrected chi connectivity index (χ4v) is 3.47. The average molecular weight is 486 g/mol. The third kappa shape index (κ3) is 4.29. The second-order valence-electron chi connectivity index (χ2n) is 5.95. The van der Waals surface area contributed by atoms with Crippen LogP contribution in [0.4, 0.5) is 0 Å². The summed E-state index contributed by atoms with van der Waals surface area (Å²) in [5.41, 5.74) is 2.14. The highest BCUT2D eigenvalue weighted by Gasteiger charge is 2.32. The van der Waals surface area contributed by atoms with Crippen molar-refractivity contribution in [2.24, 2.45) is 0 Å². The summed E-state index contributed by atoms with van der Waals surface area (Å²) in [6.45, 7) is 0.316. The van der Waals surface area contributed by atoms with Crippen molar-refractivity contribution in [3.63, 3.8) is 0 Å². The molecule has 4 nitrogen and oxygen atoms in total. The van der Waals surface area contributed by atoms with Crippen molar-refractivity contribution >= 4 is 68.4 Å². The summed E-state index contributed by atoms with van der Waals surface area (Å²) in [5, 5.41) is 1.43. The number of thiocarbonyl (C=S) groups is 1. The first kappa shape index (κ1) is 20.1. The molecule has 1 aliphatic rings. The Hall–Kier alpha value is -1.60. The minimum absolute atomic E-state index is 0.155. The number of rotatable bonds is 4. The van der Waals surface area contributed by atoms with E-state index >= 15 is 0 Å². The quantitative estimate of drug-likeness (QED) is 0.430. The van der Waals surface area contributed by atoms with Gasteiger partial charge in [0.2, 0.25) is 0 Å². The number of benzene rings is 2. The Balaban J connectivity index is 1.89. The Morgan fingerprint density at radius 1 is 1.11 bits per heavy atom. The van der Waals surface area contributed by atoms with E-state index in [1.807, 2.05) is 24.3 Å². The van der Waals surface area contributed by atoms with Crippen LogP contribution in [0.2, 0.25) is 10.0 Å². The lowest BCUT2D eigenvalue weighted by atomic mass is 10.1. The van der Waals surface area contributed by atoms with E-state index in [1.165, 1.54) is 4.90 Å². The summed E-state index contributed by atoms with van der Waals surface area (Å²) in [5.74, 6) is 0.483. The number of amides is 1. The van der Waals surface area contributed by atoms with E-state index in [0.717, 1.165) is 15.6 Å². The zero-order valence-electron chi connectivity index (χ0n) is 14.5. The summed E-state index contributed by atoms with van der Waals surface area (Å²) in [4.78, 5) is 15.5. The van der Waals surface area contributed by atoms with E-state index in [0.29, 0.717) is 33.2 Å². The topological polar surface area (TPSA) is 32.8 Å². The molecule has 0 saturated carbocycles. The maximum atomic E-state index is 12.4. The number of carbonyl (C=O) groups excluding carboxylic acids is 1. The molecule has 0 radical (unpaired) electrons. The van der Waals surface area contributed by atoms with Gasteiger partial charge in [-0.3, -0.25) is 9.69 Å². The summed E-state index contributed by atoms with van der Waals surface area (Å²) in [6.07, 6.45) is 1.77. The molecule has 2 aromatic rings. The highest BCUT2D eigenvalue weighted by atomic mass is 79.9. The Morgan fingerprint density at radius 2 is 1.85 bits per heavy atom. The van der Waals surface area contributed by atoms with Crippen molar-refractivity contribution in [1.29, 1.82) is 0 Å². The zero-order chi connectivity index (χ0) is 19.7. The van der Waals surface area contributed by atoms with Gasteiger partial charge < -0.3 is 9.64 Å². The van der Waals surface area contributed by atoms with Crippen LogP contribution >= 0.6 is 51.3 Å². The van der Waals surface area contributed by atoms with E-state index in [1.54, 1.807) is 37.2 Å². The molecule has 140 valence electrons. The first-order valence-electron chi connectivity index (χ1n) is 7.91. The first-order chi connectivity index (χ1) is 12.8. The zero-order valence-corrected chi connectivity index (χ0v) is 18.4. The van der Waals surface area contributed by atoms with Crippen molar-refractivity contribution in [2.45, 2.75) is 6.61 Å². The van der Waals surface area contributed by atoms with Gasteiger partial charge in [-0.25, -0.2) is 0 Å². The smallest absolute Gasteiger partial charge is 0.276 e. The standard InChI is InChI=1S/C19H15BrCl2N2O2S/c1-23-16(18(25)24(2)19(23)27)9-12-8-13(20)4-6-17(12)26-10-11-3-5-14(21)15(22)7-11/h3-9H,10H2,1-2H3. The van der Waals surface area contributed by atoms with Crippen LogP contribution < -0.4 is 4.74 Å². The molecule has 3 rings (SSSR count). The third-order valence-electron chi connectivity index (χ3n) is 4.10. The van der Waals surface area contributed by atoms with Crippen LogP contribution in [0.15, 0.2) is 46.6 Å². The molecule has 0 bridgehead atoms. The Kier molecular flexibility index (Phi) is 6.11. The van der Waals surface area contributed by atoms with Gasteiger partial charge in [-0.15, -0.1) is 0 Å². The summed E-state index contributed by atoms with van der Waals surface area (Å²) < 4.78 is 6.84. The second kappa shape index (κ2) is 8.19. The SMILES string of the molecule is CN1C(=O)C(=Cc2cc(Br)ccc2OCc2ccc(Cl)c(Cl)c2)N(C)C1=S. The number of hydrogen-bond donors (Lipinski definition) is 0. The monoisotopic (exact) mass is 484 g/mol. The van der Waals surface area contributed by atoms with Gasteiger partial charge in [-0.1, -0.05) is 45.2 Å². The van der Waals surface area contributed by atoms with Crippen LogP contribution in [0.3, 0.4) is 0 Å². The normalized spacial score (nSPS) is 15.8. The third-order valence-corrected chi connectivity index (χ3v) is 5.88. The lowest BCUT2D eigenvalue weighted by Crippen LogP contribution is -2.26. The molecule has 0 aromatic heterocycles. The predicted octanol–water partition coefficient (Wildman–Crippen LogP) is 5.36. The van der Waals surface area contributed by atoms with Crippen LogP contribution in [0.5, 0.6) is 5.75 Å². The molecule has 0 aliphatic carbocycles. The molecular weight excluding hydrogens is 471 g/mol. The van der Waals surface area contributed by atoms with E-state index < -0.39 is 0 Å². The maximum absolute atomic E-state index is 12.4. The van der Waals surface area contributed by atoms with Crippen molar-refractivity contribution in [2.75, 3.05) is 14.1 Å². The average Bonchev–Trinajstić information content (AvgIpc) is 2.82. The van der Waals surface area contributed by atoms with Crippen LogP contribution in [-0.2, 0) is 11.4 Å². The molecule has 0 spiro atoms. The van der Waals surface area contributed by atoms with E-state index in [4.69, 9.17) is 40.2 Å². The lowest BCUT2D eigenvalue weighted by molar-refractivity contribution is -0.121. The highest BCUT2D eigenvalue weighted by Crippen LogP contribution is 2.30. The molecule has 8 heteroatoms. The van der Waals surface area contributed by atoms with Crippen molar-refractivity contribution in [3.8, 4) is 5.75 Å². The van der Waals surface area contributed by atoms with Crippen molar-refractivity contribution in [1.82, 2.24) is 9.80 Å². The number of nitrogens with zero attached hydrogens (tertiary/aromatic N) is 2. The molecule has 2 aromatic carbocycles. The predicted molar refractivity (Wildman–Crippen MR) is 116 cm³/mol.